The molecule has 0 radical (unpaired) electrons. The van der Waals surface area contributed by atoms with E-state index in [9.17, 15) is 59.4 Å². The fourth-order valence-electron chi connectivity index (χ4n) is 11.1. The quantitative estimate of drug-likeness (QED) is 0.0115. The summed E-state index contributed by atoms with van der Waals surface area (Å²) in [7, 11) is 14.5. The molecule has 4 fully saturated rings. The lowest BCUT2D eigenvalue weighted by Gasteiger charge is -2.32. The molecule has 5 aromatic heterocycles. The summed E-state index contributed by atoms with van der Waals surface area (Å²) in [6.07, 6.45) is -1.53. The highest BCUT2D eigenvalue weighted by molar-refractivity contribution is 6.32. The molecule has 0 aliphatic carbocycles. The highest BCUT2D eigenvalue weighted by atomic mass is 35.5. The Morgan fingerprint density at radius 1 is 0.411 bits per heavy atom. The summed E-state index contributed by atoms with van der Waals surface area (Å²) in [6.45, 7) is 6.20. The Hall–Kier alpha value is -11.2. The van der Waals surface area contributed by atoms with E-state index in [1.165, 1.54) is 58.8 Å². The predicted molar refractivity (Wildman–Crippen MR) is 449 cm³/mol. The van der Waals surface area contributed by atoms with Gasteiger partial charge < -0.3 is 100 Å². The molecule has 10 N–H and O–H groups in total. The molecule has 4 aliphatic rings. The summed E-state index contributed by atoms with van der Waals surface area (Å²) in [5.74, 6) is -6.83. The van der Waals surface area contributed by atoms with E-state index in [0.29, 0.717) is 79.0 Å². The highest BCUT2D eigenvalue weighted by Crippen LogP contribution is 2.35. The predicted octanol–water partition coefficient (Wildman–Crippen LogP) is 12.4. The number of halogens is 12. The molecule has 12 rings (SSSR count). The molecule has 0 spiro atoms. The number of ether oxygens (including phenoxy) is 10. The van der Waals surface area contributed by atoms with Crippen LogP contribution in [0.1, 0.15) is 130 Å². The minimum atomic E-state index is -2.69. The molecule has 124 heavy (non-hydrogen) atoms. The number of alkyl halides is 8. The van der Waals surface area contributed by atoms with E-state index in [1.54, 1.807) is 83.3 Å². The Balaban J connectivity index is 0.000000265. The number of anilines is 7. The maximum Gasteiger partial charge on any atom is 0.356 e. The number of benzene rings is 3. The second kappa shape index (κ2) is 48.8. The van der Waals surface area contributed by atoms with E-state index in [0.717, 1.165) is 28.2 Å². The normalized spacial score (nSPS) is 15.0. The largest absolute Gasteiger partial charge is 0.497 e. The Morgan fingerprint density at radius 3 is 1.03 bits per heavy atom. The Morgan fingerprint density at radius 2 is 0.710 bits per heavy atom. The minimum Gasteiger partial charge on any atom is -0.497 e. The van der Waals surface area contributed by atoms with Gasteiger partial charge in [-0.15, -0.1) is 12.4 Å². The zero-order chi connectivity index (χ0) is 91.0. The van der Waals surface area contributed by atoms with Crippen LogP contribution in [-0.4, -0.2) is 226 Å². The SMILES string of the molecule is CC(C)(O)c1cc(N)nc(N2CCC(F)(F)CC2)n1.COC(=O)c1cc(Cl)nc(Cl)n1.COC(=O)c1cc(N)nc(N2CCC(F)(F)CC2)n1.COC(=O)c1cc(NCc2cc(OC)cc(OC)c2)nc(Cl)n1.COC(=O)c1cc(NCc2cc(OC)cc(OC)c2)nc(N2CCC(F)(F)CC2)n1.COc1cc(CN)cc(OC)c1.Cl.FC1(F)CCNCC1. The van der Waals surface area contributed by atoms with Crippen LogP contribution >= 0.6 is 47.2 Å². The van der Waals surface area contributed by atoms with Crippen LogP contribution in [0.3, 0.4) is 0 Å². The molecule has 0 amide bonds. The topological polar surface area (TPSA) is 434 Å². The van der Waals surface area contributed by atoms with Crippen LogP contribution in [0.2, 0.25) is 15.7 Å². The molecular weight excluding hydrogens is 1740 g/mol. The van der Waals surface area contributed by atoms with Crippen LogP contribution in [-0.2, 0) is 44.2 Å². The van der Waals surface area contributed by atoms with E-state index < -0.39 is 53.2 Å². The standard InChI is InChI=1S/C20H24F2N4O4.C15H16ClN3O4.C12H18F2N4O.C11H14F2N4O2.C9H13NO2.C6H4Cl2N2O2.C5H9F2N.ClH/c1-28-14-8-13(9-15(10-14)29-2)12-23-17-11-16(18(27)30-3)24-19(25-17)26-6-4-20(21,22)5-7-26;1-21-10-4-9(5-11(6-10)22-2)8-17-13-7-12(14(20)23-3)18-15(16)19-13;1-11(2,19)8-7-9(15)17-10(16-8)18-5-3-12(13,14)4-6-18;1-19-9(18)7-6-8(14)16-10(15-7)17-4-2-11(12,13)3-5-17;1-11-8-3-7(6-10)4-9(5-8)12-2;1-12-5(11)3-2-4(7)10-6(8)9-3;6-5(7)1-3-8-4-2-5;/h8-11H,4-7,12H2,1-3H3,(H,23,24,25);4-7H,8H2,1-3H3,(H,17,18,19);7,19H,3-6H2,1-2H3,(H2,15,16,17);6H,2-5H2,1H3,(H2,14,15,16);3-5H,6,10H2,1-2H3;2H,1H3;8H,1-4H2;1H. The number of carbonyl (C=O) groups excluding carboxylic acids is 4. The van der Waals surface area contributed by atoms with Crippen molar-refractivity contribution in [1.29, 1.82) is 0 Å². The molecule has 46 heteroatoms. The van der Waals surface area contributed by atoms with Crippen LogP contribution in [0, 0.1) is 0 Å². The fourth-order valence-corrected chi connectivity index (χ4v) is 11.7. The number of hydrogen-bond donors (Lipinski definition) is 7. The lowest BCUT2D eigenvalue weighted by molar-refractivity contribution is -0.0276. The monoisotopic (exact) mass is 1830 g/mol. The summed E-state index contributed by atoms with van der Waals surface area (Å²) >= 11 is 16.8. The van der Waals surface area contributed by atoms with Gasteiger partial charge in [0.15, 0.2) is 22.8 Å². The number of rotatable bonds is 21. The number of methoxy groups -OCH3 is 10. The number of nitrogens with two attached hydrogens (primary N) is 3. The van der Waals surface area contributed by atoms with Crippen molar-refractivity contribution in [2.45, 2.75) is 114 Å². The van der Waals surface area contributed by atoms with Crippen LogP contribution < -0.4 is 76.3 Å². The maximum atomic E-state index is 13.5. The third kappa shape index (κ3) is 34.5. The van der Waals surface area contributed by atoms with Gasteiger partial charge in [0.05, 0.1) is 76.8 Å². The van der Waals surface area contributed by atoms with Crippen LogP contribution in [0.5, 0.6) is 34.5 Å². The molecule has 34 nitrogen and oxygen atoms in total. The molecule has 8 aromatic rings. The minimum absolute atomic E-state index is 0. The number of esters is 4. The molecule has 4 saturated heterocycles. The number of aromatic nitrogens is 10. The first kappa shape index (κ1) is 103. The summed E-state index contributed by atoms with van der Waals surface area (Å²) in [6, 6.07) is 23.5. The number of nitrogens with one attached hydrogen (secondary N) is 3. The zero-order valence-electron chi connectivity index (χ0n) is 69.8. The third-order valence-corrected chi connectivity index (χ3v) is 18.4. The van der Waals surface area contributed by atoms with Gasteiger partial charge in [0.1, 0.15) is 68.5 Å². The molecule has 0 saturated carbocycles. The van der Waals surface area contributed by atoms with Gasteiger partial charge in [-0.05, 0) is 90.1 Å². The zero-order valence-corrected chi connectivity index (χ0v) is 72.9. The molecule has 0 atom stereocenters. The summed E-state index contributed by atoms with van der Waals surface area (Å²) in [5, 5.41) is 19.0. The molecular formula is C78H99Cl4F8N19O15. The summed E-state index contributed by atoms with van der Waals surface area (Å²) < 4.78 is 153. The van der Waals surface area contributed by atoms with E-state index in [-0.39, 0.29) is 165 Å². The molecule has 4 aliphatic heterocycles. The van der Waals surface area contributed by atoms with Gasteiger partial charge in [0.2, 0.25) is 28.4 Å². The van der Waals surface area contributed by atoms with Crippen molar-refractivity contribution in [2.24, 2.45) is 5.73 Å². The van der Waals surface area contributed by atoms with Gasteiger partial charge in [-0.25, -0.2) is 89.2 Å². The van der Waals surface area contributed by atoms with Gasteiger partial charge in [-0.1, -0.05) is 11.6 Å². The van der Waals surface area contributed by atoms with Gasteiger partial charge in [-0.3, -0.25) is 0 Å². The third-order valence-electron chi connectivity index (χ3n) is 17.8. The Kier molecular flexibility index (Phi) is 40.6. The number of nitrogens with zero attached hydrogens (tertiary/aromatic N) is 13. The molecule has 0 unspecified atom stereocenters. The fraction of sp³-hybridized carbons (Fsp3) is 0.462. The number of carbonyl (C=O) groups is 4. The number of aliphatic hydroxyl groups is 1. The van der Waals surface area contributed by atoms with E-state index in [1.807, 2.05) is 42.5 Å². The number of hydrogen-bond acceptors (Lipinski definition) is 34. The average molecular weight is 1840 g/mol. The second-order valence-electron chi connectivity index (χ2n) is 27.4. The van der Waals surface area contributed by atoms with Crippen molar-refractivity contribution < 1.29 is 107 Å². The van der Waals surface area contributed by atoms with Gasteiger partial charge in [0, 0.05) is 172 Å². The number of nitrogen functional groups attached to an aromatic ring is 2. The van der Waals surface area contributed by atoms with Gasteiger partial charge >= 0.3 is 23.9 Å². The average Bonchev–Trinajstić information content (AvgIpc) is 0.814. The van der Waals surface area contributed by atoms with Crippen molar-refractivity contribution in [1.82, 2.24) is 55.2 Å². The Labute approximate surface area is 731 Å². The van der Waals surface area contributed by atoms with Gasteiger partial charge in [0.25, 0.3) is 23.7 Å². The van der Waals surface area contributed by atoms with Crippen molar-refractivity contribution in [3.05, 3.63) is 146 Å². The van der Waals surface area contributed by atoms with E-state index in [2.05, 4.69) is 80.0 Å². The van der Waals surface area contributed by atoms with Crippen LogP contribution in [0.25, 0.3) is 0 Å². The molecule has 3 aromatic carbocycles. The van der Waals surface area contributed by atoms with Crippen molar-refractivity contribution in [3.8, 4) is 34.5 Å². The Bertz CT molecular complexity index is 4660. The number of piperidine rings is 4. The molecule has 680 valence electrons. The molecule has 0 bridgehead atoms. The second-order valence-corrected chi connectivity index (χ2v) is 28.4. The summed E-state index contributed by atoms with van der Waals surface area (Å²) in [5.41, 5.74) is 18.9. The first-order valence-corrected chi connectivity index (χ1v) is 38.5. The first-order chi connectivity index (χ1) is 58.1. The smallest absolute Gasteiger partial charge is 0.356 e. The van der Waals surface area contributed by atoms with Crippen LogP contribution in [0.15, 0.2) is 84.9 Å². The highest BCUT2D eigenvalue weighted by Gasteiger charge is 2.38. The van der Waals surface area contributed by atoms with E-state index >= 15 is 0 Å². The van der Waals surface area contributed by atoms with Crippen molar-refractivity contribution in [2.75, 3.05) is 160 Å². The first-order valence-electron chi connectivity index (χ1n) is 37.4. The van der Waals surface area contributed by atoms with Crippen molar-refractivity contribution in [3.63, 3.8) is 0 Å². The molecule has 9 heterocycles. The maximum absolute atomic E-state index is 13.5. The van der Waals surface area contributed by atoms with Crippen molar-refractivity contribution >= 4 is 112 Å². The van der Waals surface area contributed by atoms with Gasteiger partial charge in [-0.2, -0.15) is 15.0 Å². The lowest BCUT2D eigenvalue weighted by atomic mass is 10.1. The van der Waals surface area contributed by atoms with E-state index in [4.69, 9.17) is 85.2 Å². The van der Waals surface area contributed by atoms with Crippen LogP contribution in [0.4, 0.5) is 76.2 Å². The summed E-state index contributed by atoms with van der Waals surface area (Å²) in [4.78, 5) is 90.6. The lowest BCUT2D eigenvalue weighted by Crippen LogP contribution is -2.40.